The molecule has 1 amide bonds. The van der Waals surface area contributed by atoms with E-state index in [2.05, 4.69) is 10.3 Å². The Labute approximate surface area is 140 Å². The van der Waals surface area contributed by atoms with Gasteiger partial charge in [0.05, 0.1) is 17.7 Å². The minimum absolute atomic E-state index is 0. The maximum Gasteiger partial charge on any atom is 0.253 e. The van der Waals surface area contributed by atoms with E-state index in [1.165, 1.54) is 11.1 Å². The molecule has 4 nitrogen and oxygen atoms in total. The van der Waals surface area contributed by atoms with Gasteiger partial charge < -0.3 is 10.2 Å². The molecule has 0 unspecified atom stereocenters. The van der Waals surface area contributed by atoms with Gasteiger partial charge in [0.1, 0.15) is 0 Å². The molecule has 1 aliphatic heterocycles. The standard InChI is InChI=1S/C14H15N3OS.2ClH/c1-17(7-13-8-19-9-16-13)14(18)10-2-3-11-5-15-6-12(11)4-10;;/h2-4,8-9,15H,5-7H2,1H3;2*1H. The number of halogens is 2. The third kappa shape index (κ3) is 3.95. The summed E-state index contributed by atoms with van der Waals surface area (Å²) < 4.78 is 0. The van der Waals surface area contributed by atoms with Gasteiger partial charge in [0.25, 0.3) is 5.91 Å². The SMILES string of the molecule is CN(Cc1cscn1)C(=O)c1ccc2c(c1)CNC2.Cl.Cl. The molecule has 2 aromatic rings. The normalized spacial score (nSPS) is 12.0. The predicted octanol–water partition coefficient (Wildman–Crippen LogP) is 2.86. The first kappa shape index (κ1) is 17.9. The molecule has 0 bridgehead atoms. The van der Waals surface area contributed by atoms with Crippen molar-refractivity contribution in [2.24, 2.45) is 0 Å². The largest absolute Gasteiger partial charge is 0.336 e. The summed E-state index contributed by atoms with van der Waals surface area (Å²) in [7, 11) is 1.81. The van der Waals surface area contributed by atoms with Crippen LogP contribution in [-0.2, 0) is 19.6 Å². The Hall–Kier alpha value is -1.14. The first-order valence-corrected chi connectivity index (χ1v) is 7.13. The lowest BCUT2D eigenvalue weighted by atomic mass is 10.1. The molecule has 2 heterocycles. The molecule has 3 rings (SSSR count). The summed E-state index contributed by atoms with van der Waals surface area (Å²) in [5.74, 6) is 0.0442. The first-order valence-electron chi connectivity index (χ1n) is 6.19. The van der Waals surface area contributed by atoms with Crippen molar-refractivity contribution < 1.29 is 4.79 Å². The highest BCUT2D eigenvalue weighted by Crippen LogP contribution is 2.18. The van der Waals surface area contributed by atoms with E-state index in [1.807, 2.05) is 30.6 Å². The molecule has 21 heavy (non-hydrogen) atoms. The van der Waals surface area contributed by atoms with Crippen LogP contribution in [0.1, 0.15) is 27.2 Å². The van der Waals surface area contributed by atoms with Crippen LogP contribution < -0.4 is 5.32 Å². The fourth-order valence-corrected chi connectivity index (χ4v) is 2.83. The van der Waals surface area contributed by atoms with Crippen molar-refractivity contribution in [3.8, 4) is 0 Å². The van der Waals surface area contributed by atoms with Gasteiger partial charge in [-0.2, -0.15) is 0 Å². The molecule has 0 saturated carbocycles. The van der Waals surface area contributed by atoms with E-state index < -0.39 is 0 Å². The van der Waals surface area contributed by atoms with Crippen molar-refractivity contribution in [2.75, 3.05) is 7.05 Å². The average Bonchev–Trinajstić information content (AvgIpc) is 3.07. The Balaban J connectivity index is 0.00000110. The topological polar surface area (TPSA) is 45.2 Å². The second kappa shape index (κ2) is 7.75. The van der Waals surface area contributed by atoms with Crippen molar-refractivity contribution in [1.82, 2.24) is 15.2 Å². The number of benzene rings is 1. The number of thiazole rings is 1. The first-order chi connectivity index (χ1) is 9.24. The summed E-state index contributed by atoms with van der Waals surface area (Å²) in [6.45, 7) is 2.31. The summed E-state index contributed by atoms with van der Waals surface area (Å²) in [5, 5.41) is 5.25. The number of rotatable bonds is 3. The van der Waals surface area contributed by atoms with Gasteiger partial charge in [-0.3, -0.25) is 4.79 Å². The number of fused-ring (bicyclic) bond motifs is 1. The van der Waals surface area contributed by atoms with Crippen LogP contribution >= 0.6 is 36.2 Å². The number of carbonyl (C=O) groups excluding carboxylic acids is 1. The molecule has 1 N–H and O–H groups in total. The van der Waals surface area contributed by atoms with E-state index in [-0.39, 0.29) is 30.7 Å². The van der Waals surface area contributed by atoms with Crippen molar-refractivity contribution in [3.05, 3.63) is 51.5 Å². The van der Waals surface area contributed by atoms with Crippen LogP contribution in [0, 0.1) is 0 Å². The van der Waals surface area contributed by atoms with Crippen LogP contribution in [-0.4, -0.2) is 22.8 Å². The van der Waals surface area contributed by atoms with Gasteiger partial charge in [-0.1, -0.05) is 6.07 Å². The van der Waals surface area contributed by atoms with Gasteiger partial charge in [-0.05, 0) is 23.3 Å². The van der Waals surface area contributed by atoms with Gasteiger partial charge >= 0.3 is 0 Å². The van der Waals surface area contributed by atoms with Crippen molar-refractivity contribution in [3.63, 3.8) is 0 Å². The van der Waals surface area contributed by atoms with Gasteiger partial charge in [-0.15, -0.1) is 36.2 Å². The smallest absolute Gasteiger partial charge is 0.253 e. The molecule has 114 valence electrons. The molecule has 0 saturated heterocycles. The maximum atomic E-state index is 12.4. The minimum atomic E-state index is 0. The van der Waals surface area contributed by atoms with Gasteiger partial charge in [0, 0.05) is 31.1 Å². The summed E-state index contributed by atoms with van der Waals surface area (Å²) >= 11 is 1.55. The van der Waals surface area contributed by atoms with Crippen molar-refractivity contribution >= 4 is 42.1 Å². The Morgan fingerprint density at radius 1 is 1.33 bits per heavy atom. The number of amides is 1. The lowest BCUT2D eigenvalue weighted by Gasteiger charge is -2.16. The minimum Gasteiger partial charge on any atom is -0.336 e. The summed E-state index contributed by atoms with van der Waals surface area (Å²) in [5.41, 5.74) is 5.99. The molecular weight excluding hydrogens is 329 g/mol. The number of hydrogen-bond donors (Lipinski definition) is 1. The Kier molecular flexibility index (Phi) is 6.61. The van der Waals surface area contributed by atoms with E-state index in [1.54, 1.807) is 21.7 Å². The van der Waals surface area contributed by atoms with Crippen LogP contribution in [0.4, 0.5) is 0 Å². The summed E-state index contributed by atoms with van der Waals surface area (Å²) in [6, 6.07) is 5.94. The number of carbonyl (C=O) groups is 1. The zero-order valence-corrected chi connectivity index (χ0v) is 14.0. The molecule has 1 aromatic heterocycles. The summed E-state index contributed by atoms with van der Waals surface area (Å²) in [4.78, 5) is 18.3. The van der Waals surface area contributed by atoms with Crippen LogP contribution in [0.3, 0.4) is 0 Å². The summed E-state index contributed by atoms with van der Waals surface area (Å²) in [6.07, 6.45) is 0. The van der Waals surface area contributed by atoms with Gasteiger partial charge in [0.15, 0.2) is 0 Å². The van der Waals surface area contributed by atoms with Gasteiger partial charge in [0.2, 0.25) is 0 Å². The van der Waals surface area contributed by atoms with E-state index in [4.69, 9.17) is 0 Å². The lowest BCUT2D eigenvalue weighted by molar-refractivity contribution is 0.0783. The molecule has 7 heteroatoms. The van der Waals surface area contributed by atoms with Crippen LogP contribution in [0.2, 0.25) is 0 Å². The van der Waals surface area contributed by atoms with E-state index >= 15 is 0 Å². The van der Waals surface area contributed by atoms with Crippen LogP contribution in [0.25, 0.3) is 0 Å². The molecule has 0 aliphatic carbocycles. The molecule has 0 spiro atoms. The molecule has 1 aromatic carbocycles. The van der Waals surface area contributed by atoms with Crippen molar-refractivity contribution in [1.29, 1.82) is 0 Å². The van der Waals surface area contributed by atoms with Gasteiger partial charge in [-0.25, -0.2) is 4.98 Å². The Morgan fingerprint density at radius 3 is 2.81 bits per heavy atom. The van der Waals surface area contributed by atoms with E-state index in [0.29, 0.717) is 6.54 Å². The average molecular weight is 346 g/mol. The second-order valence-electron chi connectivity index (χ2n) is 4.73. The van der Waals surface area contributed by atoms with Crippen molar-refractivity contribution in [2.45, 2.75) is 19.6 Å². The monoisotopic (exact) mass is 345 g/mol. The van der Waals surface area contributed by atoms with Crippen LogP contribution in [0.15, 0.2) is 29.1 Å². The highest BCUT2D eigenvalue weighted by molar-refractivity contribution is 7.07. The number of nitrogens with one attached hydrogen (secondary N) is 1. The number of aromatic nitrogens is 1. The highest BCUT2D eigenvalue weighted by atomic mass is 35.5. The molecule has 1 aliphatic rings. The lowest BCUT2D eigenvalue weighted by Crippen LogP contribution is -2.26. The maximum absolute atomic E-state index is 12.4. The third-order valence-electron chi connectivity index (χ3n) is 3.31. The quantitative estimate of drug-likeness (QED) is 0.930. The van der Waals surface area contributed by atoms with E-state index in [9.17, 15) is 4.79 Å². The fourth-order valence-electron chi connectivity index (χ4n) is 2.28. The molecule has 0 fully saturated rings. The molecular formula is C14H17Cl2N3OS. The Bertz CT molecular complexity index is 604. The third-order valence-corrected chi connectivity index (χ3v) is 3.95. The number of hydrogen-bond acceptors (Lipinski definition) is 4. The second-order valence-corrected chi connectivity index (χ2v) is 5.45. The highest BCUT2D eigenvalue weighted by Gasteiger charge is 2.16. The molecule has 0 radical (unpaired) electrons. The zero-order chi connectivity index (χ0) is 13.2. The number of nitrogens with zero attached hydrogens (tertiary/aromatic N) is 2. The zero-order valence-electron chi connectivity index (χ0n) is 11.5. The molecule has 0 atom stereocenters. The predicted molar refractivity (Wildman–Crippen MR) is 89.4 cm³/mol. The van der Waals surface area contributed by atoms with Crippen LogP contribution in [0.5, 0.6) is 0 Å². The van der Waals surface area contributed by atoms with E-state index in [0.717, 1.165) is 24.3 Å². The Morgan fingerprint density at radius 2 is 2.10 bits per heavy atom. The fraction of sp³-hybridized carbons (Fsp3) is 0.286.